The summed E-state index contributed by atoms with van der Waals surface area (Å²) < 4.78 is 8.99. The first kappa shape index (κ1) is 22.8. The number of nitrogens with zero attached hydrogens (tertiary/aromatic N) is 1. The van der Waals surface area contributed by atoms with E-state index < -0.39 is 0 Å². The third-order valence-corrected chi connectivity index (χ3v) is 8.86. The second-order valence-corrected chi connectivity index (χ2v) is 11.1. The number of nitriles is 1. The molecule has 0 N–H and O–H groups in total. The Morgan fingerprint density at radius 2 is 1.12 bits per heavy atom. The average Bonchev–Trinajstić information content (AvgIpc) is 3.59. The Balaban J connectivity index is 1.46. The SMILES string of the molecule is N#Cc1ccccc1-c1cc(-c2cccc3c2oc2ccccc23)cc(-c2cccc3sc4ccccc4c23)c1. The molecule has 0 fully saturated rings. The van der Waals surface area contributed by atoms with Crippen LogP contribution in [0.1, 0.15) is 5.56 Å². The summed E-state index contributed by atoms with van der Waals surface area (Å²) in [6.07, 6.45) is 0. The molecule has 40 heavy (non-hydrogen) atoms. The minimum Gasteiger partial charge on any atom is -0.455 e. The molecule has 0 aliphatic rings. The first-order chi connectivity index (χ1) is 19.8. The summed E-state index contributed by atoms with van der Waals surface area (Å²) in [6, 6.07) is 46.6. The number of benzene rings is 6. The van der Waals surface area contributed by atoms with E-state index in [4.69, 9.17) is 4.42 Å². The topological polar surface area (TPSA) is 36.9 Å². The van der Waals surface area contributed by atoms with Crippen LogP contribution in [-0.4, -0.2) is 0 Å². The van der Waals surface area contributed by atoms with Gasteiger partial charge in [-0.25, -0.2) is 0 Å². The van der Waals surface area contributed by atoms with Crippen molar-refractivity contribution in [1.82, 2.24) is 0 Å². The third kappa shape index (κ3) is 3.48. The van der Waals surface area contributed by atoms with Gasteiger partial charge in [0.15, 0.2) is 0 Å². The van der Waals surface area contributed by atoms with E-state index in [1.165, 1.54) is 25.7 Å². The number of furan rings is 1. The van der Waals surface area contributed by atoms with E-state index in [1.54, 1.807) is 0 Å². The summed E-state index contributed by atoms with van der Waals surface area (Å²) in [5.41, 5.74) is 8.74. The second kappa shape index (κ2) is 8.95. The Hall–Kier alpha value is -5.17. The molecule has 2 heterocycles. The molecule has 6 aromatic carbocycles. The van der Waals surface area contributed by atoms with Crippen molar-refractivity contribution in [3.8, 4) is 39.4 Å². The van der Waals surface area contributed by atoms with Gasteiger partial charge in [-0.15, -0.1) is 11.3 Å². The molecular weight excluding hydrogens is 506 g/mol. The van der Waals surface area contributed by atoms with Crippen molar-refractivity contribution in [2.45, 2.75) is 0 Å². The van der Waals surface area contributed by atoms with Crippen molar-refractivity contribution >= 4 is 53.4 Å². The Morgan fingerprint density at radius 3 is 2.00 bits per heavy atom. The summed E-state index contributed by atoms with van der Waals surface area (Å²) in [6.45, 7) is 0. The van der Waals surface area contributed by atoms with Gasteiger partial charge in [-0.1, -0.05) is 84.9 Å². The molecular formula is C37H21NOS. The summed E-state index contributed by atoms with van der Waals surface area (Å²) in [7, 11) is 0. The highest BCUT2D eigenvalue weighted by molar-refractivity contribution is 7.25. The van der Waals surface area contributed by atoms with E-state index in [2.05, 4.69) is 91.0 Å². The lowest BCUT2D eigenvalue weighted by Gasteiger charge is -2.13. The molecule has 0 amide bonds. The lowest BCUT2D eigenvalue weighted by atomic mass is 9.90. The standard InChI is InChI=1S/C37H21NOS/c38-22-23-9-1-2-10-27(23)24-19-25(28-13-8-18-35-36(28)32-12-4-6-17-34(32)40-35)21-26(20-24)29-14-7-15-31-30-11-3-5-16-33(30)39-37(29)31/h1-21H. The van der Waals surface area contributed by atoms with E-state index in [0.29, 0.717) is 5.56 Å². The number of thiophene rings is 1. The van der Waals surface area contributed by atoms with Gasteiger partial charge >= 0.3 is 0 Å². The Morgan fingerprint density at radius 1 is 0.525 bits per heavy atom. The quantitative estimate of drug-likeness (QED) is 0.229. The molecule has 0 bridgehead atoms. The number of rotatable bonds is 3. The lowest BCUT2D eigenvalue weighted by Crippen LogP contribution is -1.89. The lowest BCUT2D eigenvalue weighted by molar-refractivity contribution is 0.670. The van der Waals surface area contributed by atoms with Crippen molar-refractivity contribution in [3.05, 3.63) is 133 Å². The fraction of sp³-hybridized carbons (Fsp3) is 0. The third-order valence-electron chi connectivity index (χ3n) is 7.72. The fourth-order valence-electron chi connectivity index (χ4n) is 5.92. The molecule has 0 saturated carbocycles. The van der Waals surface area contributed by atoms with E-state index >= 15 is 0 Å². The molecule has 2 aromatic heterocycles. The molecule has 0 spiro atoms. The number of hydrogen-bond acceptors (Lipinski definition) is 3. The molecule has 8 aromatic rings. The minimum absolute atomic E-state index is 0.659. The predicted octanol–water partition coefficient (Wildman–Crippen LogP) is 10.8. The van der Waals surface area contributed by atoms with Gasteiger partial charge in [-0.05, 0) is 70.3 Å². The highest BCUT2D eigenvalue weighted by Crippen LogP contribution is 2.43. The van der Waals surface area contributed by atoms with Crippen LogP contribution >= 0.6 is 11.3 Å². The number of hydrogen-bond donors (Lipinski definition) is 0. The summed E-state index contributed by atoms with van der Waals surface area (Å²) in [5.74, 6) is 0. The molecule has 8 rings (SSSR count). The van der Waals surface area contributed by atoms with Gasteiger partial charge in [0, 0.05) is 36.5 Å². The zero-order chi connectivity index (χ0) is 26.6. The van der Waals surface area contributed by atoms with Gasteiger partial charge < -0.3 is 4.42 Å². The van der Waals surface area contributed by atoms with Crippen molar-refractivity contribution in [1.29, 1.82) is 5.26 Å². The predicted molar refractivity (Wildman–Crippen MR) is 168 cm³/mol. The molecule has 0 atom stereocenters. The molecule has 3 heteroatoms. The van der Waals surface area contributed by atoms with Crippen LogP contribution in [0.5, 0.6) is 0 Å². The highest BCUT2D eigenvalue weighted by atomic mass is 32.1. The van der Waals surface area contributed by atoms with Gasteiger partial charge in [-0.3, -0.25) is 0 Å². The Labute approximate surface area is 235 Å². The van der Waals surface area contributed by atoms with Crippen LogP contribution in [0.25, 0.3) is 75.5 Å². The molecule has 186 valence electrons. The van der Waals surface area contributed by atoms with E-state index in [-0.39, 0.29) is 0 Å². The summed E-state index contributed by atoms with van der Waals surface area (Å²) in [5, 5.41) is 14.7. The van der Waals surface area contributed by atoms with Crippen molar-refractivity contribution in [2.75, 3.05) is 0 Å². The van der Waals surface area contributed by atoms with Crippen LogP contribution in [0, 0.1) is 11.3 Å². The van der Waals surface area contributed by atoms with Crippen molar-refractivity contribution < 1.29 is 4.42 Å². The zero-order valence-corrected chi connectivity index (χ0v) is 22.2. The maximum absolute atomic E-state index is 9.94. The maximum Gasteiger partial charge on any atom is 0.143 e. The van der Waals surface area contributed by atoms with Gasteiger partial charge in [-0.2, -0.15) is 5.26 Å². The van der Waals surface area contributed by atoms with Crippen LogP contribution in [0.2, 0.25) is 0 Å². The smallest absolute Gasteiger partial charge is 0.143 e. The van der Waals surface area contributed by atoms with Crippen LogP contribution in [-0.2, 0) is 0 Å². The maximum atomic E-state index is 9.94. The Kier molecular flexibility index (Phi) is 5.10. The van der Waals surface area contributed by atoms with Gasteiger partial charge in [0.1, 0.15) is 11.2 Å². The van der Waals surface area contributed by atoms with Crippen LogP contribution < -0.4 is 0 Å². The van der Waals surface area contributed by atoms with Gasteiger partial charge in [0.25, 0.3) is 0 Å². The van der Waals surface area contributed by atoms with Crippen molar-refractivity contribution in [3.63, 3.8) is 0 Å². The zero-order valence-electron chi connectivity index (χ0n) is 21.4. The monoisotopic (exact) mass is 527 g/mol. The first-order valence-electron chi connectivity index (χ1n) is 13.2. The van der Waals surface area contributed by atoms with E-state index in [1.807, 2.05) is 53.8 Å². The van der Waals surface area contributed by atoms with Gasteiger partial charge in [0.2, 0.25) is 0 Å². The molecule has 2 nitrogen and oxygen atoms in total. The van der Waals surface area contributed by atoms with Crippen LogP contribution in [0.3, 0.4) is 0 Å². The first-order valence-corrected chi connectivity index (χ1v) is 14.1. The highest BCUT2D eigenvalue weighted by Gasteiger charge is 2.17. The van der Waals surface area contributed by atoms with Crippen molar-refractivity contribution in [2.24, 2.45) is 0 Å². The normalized spacial score (nSPS) is 11.5. The van der Waals surface area contributed by atoms with E-state index in [0.717, 1.165) is 49.8 Å². The molecule has 0 aliphatic heterocycles. The van der Waals surface area contributed by atoms with Crippen LogP contribution in [0.15, 0.2) is 132 Å². The summed E-state index contributed by atoms with van der Waals surface area (Å²) in [4.78, 5) is 0. The largest absolute Gasteiger partial charge is 0.455 e. The van der Waals surface area contributed by atoms with Gasteiger partial charge in [0.05, 0.1) is 11.6 Å². The fourth-order valence-corrected chi connectivity index (χ4v) is 7.05. The molecule has 0 aliphatic carbocycles. The number of para-hydroxylation sites is 2. The molecule has 0 saturated heterocycles. The molecule has 0 unspecified atom stereocenters. The minimum atomic E-state index is 0.659. The second-order valence-electron chi connectivity index (χ2n) is 10.0. The van der Waals surface area contributed by atoms with Crippen LogP contribution in [0.4, 0.5) is 0 Å². The molecule has 0 radical (unpaired) electrons. The Bertz CT molecular complexity index is 2300. The average molecular weight is 528 g/mol. The number of fused-ring (bicyclic) bond motifs is 6. The van der Waals surface area contributed by atoms with E-state index in [9.17, 15) is 5.26 Å². The summed E-state index contributed by atoms with van der Waals surface area (Å²) >= 11 is 1.82.